The van der Waals surface area contributed by atoms with Gasteiger partial charge in [-0.15, -0.1) is 0 Å². The van der Waals surface area contributed by atoms with Crippen LogP contribution in [-0.2, 0) is 14.3 Å². The smallest absolute Gasteiger partial charge is 0.310 e. The number of esters is 1. The molecule has 1 unspecified atom stereocenters. The molecule has 8 nitrogen and oxygen atoms in total. The Morgan fingerprint density at radius 3 is 2.68 bits per heavy atom. The molecule has 4 rings (SSSR count). The van der Waals surface area contributed by atoms with Crippen LogP contribution in [0.1, 0.15) is 25.3 Å². The summed E-state index contributed by atoms with van der Waals surface area (Å²) in [5.74, 6) is 0.500. The second-order valence-corrected chi connectivity index (χ2v) is 10.5. The number of benzene rings is 1. The number of ether oxygens (including phenoxy) is 1. The molecule has 1 atom stereocenters. The number of piperidine rings is 1. The van der Waals surface area contributed by atoms with Gasteiger partial charge in [-0.3, -0.25) is 14.5 Å². The average molecular weight is 544 g/mol. The van der Waals surface area contributed by atoms with E-state index in [4.69, 9.17) is 16.3 Å². The zero-order chi connectivity index (χ0) is 26.0. The van der Waals surface area contributed by atoms with Crippen molar-refractivity contribution in [3.63, 3.8) is 0 Å². The van der Waals surface area contributed by atoms with Gasteiger partial charge in [-0.05, 0) is 25.3 Å². The van der Waals surface area contributed by atoms with E-state index in [9.17, 15) is 9.59 Å². The van der Waals surface area contributed by atoms with Gasteiger partial charge in [0.15, 0.2) is 5.16 Å². The van der Waals surface area contributed by atoms with E-state index in [0.717, 1.165) is 51.4 Å². The summed E-state index contributed by atoms with van der Waals surface area (Å²) in [5, 5.41) is 0.858. The molecule has 3 heterocycles. The van der Waals surface area contributed by atoms with Crippen LogP contribution >= 0.6 is 23.4 Å². The number of rotatable bonds is 9. The number of nitrogens with zero attached hydrogens (tertiary/aromatic N) is 5. The van der Waals surface area contributed by atoms with Crippen LogP contribution in [0.2, 0.25) is 5.15 Å². The molecular formula is C27H34ClN5O3S. The number of hydrogen-bond donors (Lipinski definition) is 0. The standard InChI is InChI=1S/C27H34ClN5O3S/c1-2-36-26(35)22-11-7-13-33(19-22)25(34)20-37-27-29-23(28)18-24(30-27)32-16-14-31(15-17-32)12-6-10-21-8-4-3-5-9-21/h3-6,8-10,18,22H,2,7,11-17,19-20H2,1H3. The first kappa shape index (κ1) is 27.4. The molecule has 2 aliphatic rings. The Balaban J connectivity index is 1.26. The largest absolute Gasteiger partial charge is 0.466 e. The van der Waals surface area contributed by atoms with Gasteiger partial charge in [0.05, 0.1) is 18.3 Å². The summed E-state index contributed by atoms with van der Waals surface area (Å²) < 4.78 is 5.14. The number of carbonyl (C=O) groups excluding carboxylic acids is 2. The van der Waals surface area contributed by atoms with Crippen LogP contribution < -0.4 is 4.90 Å². The Morgan fingerprint density at radius 2 is 1.92 bits per heavy atom. The molecule has 1 aromatic carbocycles. The van der Waals surface area contributed by atoms with Gasteiger partial charge in [-0.25, -0.2) is 9.97 Å². The molecule has 198 valence electrons. The number of halogens is 1. The van der Waals surface area contributed by atoms with Gasteiger partial charge in [0.25, 0.3) is 0 Å². The van der Waals surface area contributed by atoms with E-state index in [2.05, 4.69) is 44.1 Å². The summed E-state index contributed by atoms with van der Waals surface area (Å²) >= 11 is 7.60. The van der Waals surface area contributed by atoms with Crippen LogP contribution in [0, 0.1) is 5.92 Å². The Bertz CT molecular complexity index is 1080. The molecule has 0 radical (unpaired) electrons. The van der Waals surface area contributed by atoms with Crippen molar-refractivity contribution >= 4 is 47.1 Å². The van der Waals surface area contributed by atoms with Gasteiger partial charge in [0.1, 0.15) is 11.0 Å². The minimum atomic E-state index is -0.246. The number of hydrogen-bond acceptors (Lipinski definition) is 8. The third-order valence-electron chi connectivity index (χ3n) is 6.55. The zero-order valence-electron chi connectivity index (χ0n) is 21.2. The Hall–Kier alpha value is -2.62. The van der Waals surface area contributed by atoms with Crippen molar-refractivity contribution in [1.82, 2.24) is 19.8 Å². The fraction of sp³-hybridized carbons (Fsp3) is 0.481. The first-order valence-electron chi connectivity index (χ1n) is 12.8. The maximum absolute atomic E-state index is 12.8. The summed E-state index contributed by atoms with van der Waals surface area (Å²) in [6, 6.07) is 12.1. The molecule has 2 aliphatic heterocycles. The summed E-state index contributed by atoms with van der Waals surface area (Å²) in [4.78, 5) is 40.3. The van der Waals surface area contributed by atoms with Crippen LogP contribution in [0.4, 0.5) is 5.82 Å². The topological polar surface area (TPSA) is 78.9 Å². The monoisotopic (exact) mass is 543 g/mol. The summed E-state index contributed by atoms with van der Waals surface area (Å²) in [6.45, 7) is 7.67. The van der Waals surface area contributed by atoms with Crippen molar-refractivity contribution in [2.24, 2.45) is 5.92 Å². The fourth-order valence-electron chi connectivity index (χ4n) is 4.55. The molecule has 2 fully saturated rings. The first-order chi connectivity index (χ1) is 18.0. The van der Waals surface area contributed by atoms with Crippen LogP contribution in [0.5, 0.6) is 0 Å². The quantitative estimate of drug-likeness (QED) is 0.204. The van der Waals surface area contributed by atoms with Crippen molar-refractivity contribution < 1.29 is 14.3 Å². The van der Waals surface area contributed by atoms with Crippen molar-refractivity contribution in [2.75, 3.05) is 63.1 Å². The number of anilines is 1. The van der Waals surface area contributed by atoms with Crippen LogP contribution in [0.25, 0.3) is 6.08 Å². The molecular weight excluding hydrogens is 510 g/mol. The van der Waals surface area contributed by atoms with E-state index in [1.165, 1.54) is 17.3 Å². The highest BCUT2D eigenvalue weighted by Crippen LogP contribution is 2.24. The van der Waals surface area contributed by atoms with E-state index in [-0.39, 0.29) is 23.5 Å². The van der Waals surface area contributed by atoms with E-state index < -0.39 is 0 Å². The predicted molar refractivity (Wildman–Crippen MR) is 148 cm³/mol. The van der Waals surface area contributed by atoms with E-state index >= 15 is 0 Å². The number of aromatic nitrogens is 2. The van der Waals surface area contributed by atoms with Crippen molar-refractivity contribution in [2.45, 2.75) is 24.9 Å². The highest BCUT2D eigenvalue weighted by Gasteiger charge is 2.29. The second-order valence-electron chi connectivity index (χ2n) is 9.15. The van der Waals surface area contributed by atoms with Gasteiger partial charge >= 0.3 is 5.97 Å². The molecule has 1 aromatic heterocycles. The molecule has 2 aromatic rings. The number of carbonyl (C=O) groups is 2. The van der Waals surface area contributed by atoms with Crippen LogP contribution in [0.15, 0.2) is 47.6 Å². The molecule has 0 N–H and O–H groups in total. The van der Waals surface area contributed by atoms with Gasteiger partial charge < -0.3 is 14.5 Å². The zero-order valence-corrected chi connectivity index (χ0v) is 22.8. The van der Waals surface area contributed by atoms with Crippen molar-refractivity contribution in [3.05, 3.63) is 53.2 Å². The van der Waals surface area contributed by atoms with Crippen LogP contribution in [0.3, 0.4) is 0 Å². The SMILES string of the molecule is CCOC(=O)C1CCCN(C(=O)CSc2nc(Cl)cc(N3CCN(CC=Cc4ccccc4)CC3)n2)C1. The Morgan fingerprint density at radius 1 is 1.14 bits per heavy atom. The van der Waals surface area contributed by atoms with Crippen molar-refractivity contribution in [3.8, 4) is 0 Å². The lowest BCUT2D eigenvalue weighted by Crippen LogP contribution is -2.46. The normalized spacial score (nSPS) is 18.8. The Kier molecular flexibility index (Phi) is 10.2. The fourth-order valence-corrected chi connectivity index (χ4v) is 5.53. The van der Waals surface area contributed by atoms with Gasteiger partial charge in [0, 0.05) is 51.9 Å². The minimum absolute atomic E-state index is 0.0266. The maximum atomic E-state index is 12.8. The predicted octanol–water partition coefficient (Wildman–Crippen LogP) is 3.86. The molecule has 0 spiro atoms. The third-order valence-corrected chi connectivity index (χ3v) is 7.58. The Labute approximate surface area is 228 Å². The molecule has 0 aliphatic carbocycles. The first-order valence-corrected chi connectivity index (χ1v) is 14.2. The van der Waals surface area contributed by atoms with E-state index in [1.807, 2.05) is 18.2 Å². The molecule has 1 amide bonds. The lowest BCUT2D eigenvalue weighted by Gasteiger charge is -2.35. The molecule has 2 saturated heterocycles. The van der Waals surface area contributed by atoms with Crippen LogP contribution in [-0.4, -0.2) is 89.8 Å². The maximum Gasteiger partial charge on any atom is 0.310 e. The van der Waals surface area contributed by atoms with Crippen molar-refractivity contribution in [1.29, 1.82) is 0 Å². The number of piperazine rings is 1. The lowest BCUT2D eigenvalue weighted by atomic mass is 9.98. The highest BCUT2D eigenvalue weighted by atomic mass is 35.5. The highest BCUT2D eigenvalue weighted by molar-refractivity contribution is 7.99. The van der Waals surface area contributed by atoms with Gasteiger partial charge in [0.2, 0.25) is 5.91 Å². The summed E-state index contributed by atoms with van der Waals surface area (Å²) in [5.41, 5.74) is 1.21. The molecule has 0 saturated carbocycles. The third kappa shape index (κ3) is 8.18. The number of thioether (sulfide) groups is 1. The molecule has 37 heavy (non-hydrogen) atoms. The summed E-state index contributed by atoms with van der Waals surface area (Å²) in [6.07, 6.45) is 5.91. The van der Waals surface area contributed by atoms with Gasteiger partial charge in [-0.2, -0.15) is 0 Å². The van der Waals surface area contributed by atoms with E-state index in [1.54, 1.807) is 17.9 Å². The average Bonchev–Trinajstić information content (AvgIpc) is 2.92. The summed E-state index contributed by atoms with van der Waals surface area (Å²) in [7, 11) is 0. The number of likely N-dealkylation sites (tertiary alicyclic amines) is 1. The van der Waals surface area contributed by atoms with E-state index in [0.29, 0.717) is 30.0 Å². The number of amides is 1. The van der Waals surface area contributed by atoms with Gasteiger partial charge in [-0.1, -0.05) is 65.8 Å². The lowest BCUT2D eigenvalue weighted by molar-refractivity contribution is -0.151. The minimum Gasteiger partial charge on any atom is -0.466 e. The molecule has 10 heteroatoms. The molecule has 0 bridgehead atoms. The second kappa shape index (κ2) is 13.8.